The summed E-state index contributed by atoms with van der Waals surface area (Å²) >= 11 is 0. The molecule has 5 nitrogen and oxygen atoms in total. The Balaban J connectivity index is 0.00000272. The Morgan fingerprint density at radius 2 is 1.77 bits per heavy atom. The molecule has 6 heteroatoms. The van der Waals surface area contributed by atoms with Gasteiger partial charge in [-0.3, -0.25) is 9.69 Å². The van der Waals surface area contributed by atoms with Gasteiger partial charge in [0.15, 0.2) is 0 Å². The van der Waals surface area contributed by atoms with Crippen molar-refractivity contribution >= 4 is 16.8 Å². The standard InChI is InChI=1S/C25H30FN3O.H2O/c1-17-22(12-18-8-10-20(11-9-18)24(27)30)21-6-4-5-7-23(21)29(17)15-19-13-28(14-19)16-25(2,3)26;/h4-11,19H,12-16H2,1-3H3,(H2,27,30);1H2. The molecule has 0 atom stereocenters. The van der Waals surface area contributed by atoms with Crippen LogP contribution in [-0.4, -0.2) is 46.2 Å². The minimum Gasteiger partial charge on any atom is -0.412 e. The lowest BCUT2D eigenvalue weighted by molar-refractivity contribution is 0.0339. The molecule has 0 saturated carbocycles. The lowest BCUT2D eigenvalue weighted by Crippen LogP contribution is -2.52. The van der Waals surface area contributed by atoms with Gasteiger partial charge in [-0.15, -0.1) is 0 Å². The van der Waals surface area contributed by atoms with E-state index in [2.05, 4.69) is 40.7 Å². The molecule has 3 aromatic rings. The van der Waals surface area contributed by atoms with Crippen LogP contribution < -0.4 is 5.73 Å². The molecular formula is C25H32FN3O2. The number of nitrogens with two attached hydrogens (primary N) is 1. The van der Waals surface area contributed by atoms with Crippen LogP contribution in [-0.2, 0) is 13.0 Å². The molecule has 1 aliphatic rings. The molecule has 0 bridgehead atoms. The molecule has 4 rings (SSSR count). The van der Waals surface area contributed by atoms with Crippen molar-refractivity contribution in [2.75, 3.05) is 19.6 Å². The number of benzene rings is 2. The molecular weight excluding hydrogens is 393 g/mol. The largest absolute Gasteiger partial charge is 0.412 e. The van der Waals surface area contributed by atoms with E-state index in [0.29, 0.717) is 18.0 Å². The highest BCUT2D eigenvalue weighted by atomic mass is 19.1. The van der Waals surface area contributed by atoms with Crippen molar-refractivity contribution in [3.05, 3.63) is 70.9 Å². The first-order valence-electron chi connectivity index (χ1n) is 10.6. The second-order valence-corrected chi connectivity index (χ2v) is 9.21. The first-order chi connectivity index (χ1) is 14.2. The fourth-order valence-corrected chi connectivity index (χ4v) is 4.66. The molecule has 1 saturated heterocycles. The summed E-state index contributed by atoms with van der Waals surface area (Å²) in [4.78, 5) is 13.5. The molecule has 0 unspecified atom stereocenters. The number of nitrogens with zero attached hydrogens (tertiary/aromatic N) is 2. The molecule has 1 fully saturated rings. The summed E-state index contributed by atoms with van der Waals surface area (Å²) in [6, 6.07) is 16.1. The van der Waals surface area contributed by atoms with E-state index >= 15 is 0 Å². The molecule has 1 amide bonds. The van der Waals surface area contributed by atoms with Crippen molar-refractivity contribution in [2.24, 2.45) is 11.7 Å². The highest BCUT2D eigenvalue weighted by Crippen LogP contribution is 2.31. The molecule has 31 heavy (non-hydrogen) atoms. The molecule has 2 aromatic carbocycles. The van der Waals surface area contributed by atoms with Crippen molar-refractivity contribution < 1.29 is 14.7 Å². The van der Waals surface area contributed by atoms with E-state index in [1.165, 1.54) is 22.2 Å². The zero-order valence-corrected chi connectivity index (χ0v) is 18.5. The highest BCUT2D eigenvalue weighted by molar-refractivity contribution is 5.92. The summed E-state index contributed by atoms with van der Waals surface area (Å²) in [5.74, 6) is 0.143. The van der Waals surface area contributed by atoms with Crippen LogP contribution in [0.25, 0.3) is 10.9 Å². The number of likely N-dealkylation sites (tertiary alicyclic amines) is 1. The second kappa shape index (κ2) is 8.81. The summed E-state index contributed by atoms with van der Waals surface area (Å²) in [6.45, 7) is 8.83. The number of hydrogen-bond acceptors (Lipinski definition) is 2. The zero-order chi connectivity index (χ0) is 21.5. The molecule has 1 aromatic heterocycles. The van der Waals surface area contributed by atoms with E-state index in [1.807, 2.05) is 12.1 Å². The van der Waals surface area contributed by atoms with Crippen LogP contribution >= 0.6 is 0 Å². The summed E-state index contributed by atoms with van der Waals surface area (Å²) < 4.78 is 16.3. The number of amides is 1. The first-order valence-corrected chi connectivity index (χ1v) is 10.6. The van der Waals surface area contributed by atoms with Crippen molar-refractivity contribution in [2.45, 2.75) is 39.4 Å². The van der Waals surface area contributed by atoms with Crippen LogP contribution in [0.3, 0.4) is 0 Å². The maximum Gasteiger partial charge on any atom is 0.248 e. The number of carbonyl (C=O) groups is 1. The summed E-state index contributed by atoms with van der Waals surface area (Å²) in [7, 11) is 0. The SMILES string of the molecule is Cc1c(Cc2ccc(C(N)=O)cc2)c2ccccc2n1CC1CN(CC(C)(C)F)C1.O. The normalized spacial score (nSPS) is 15.0. The Hall–Kier alpha value is -2.70. The van der Waals surface area contributed by atoms with Crippen LogP contribution in [0.5, 0.6) is 0 Å². The van der Waals surface area contributed by atoms with E-state index in [-0.39, 0.29) is 5.48 Å². The summed E-state index contributed by atoms with van der Waals surface area (Å²) in [6.07, 6.45) is 0.811. The number of para-hydroxylation sites is 1. The third-order valence-corrected chi connectivity index (χ3v) is 6.05. The third-order valence-electron chi connectivity index (χ3n) is 6.05. The Morgan fingerprint density at radius 3 is 2.39 bits per heavy atom. The molecule has 166 valence electrons. The highest BCUT2D eigenvalue weighted by Gasteiger charge is 2.32. The van der Waals surface area contributed by atoms with Gasteiger partial charge in [0.1, 0.15) is 5.67 Å². The van der Waals surface area contributed by atoms with Crippen molar-refractivity contribution in [3.63, 3.8) is 0 Å². The molecule has 4 N–H and O–H groups in total. The average Bonchev–Trinajstić information content (AvgIpc) is 2.91. The number of alkyl halides is 1. The predicted octanol–water partition coefficient (Wildman–Crippen LogP) is 3.49. The van der Waals surface area contributed by atoms with Gasteiger partial charge in [0, 0.05) is 54.3 Å². The number of primary amides is 1. The van der Waals surface area contributed by atoms with Crippen molar-refractivity contribution in [1.29, 1.82) is 0 Å². The zero-order valence-electron chi connectivity index (χ0n) is 18.5. The fraction of sp³-hybridized carbons (Fsp3) is 0.400. The minimum atomic E-state index is -1.14. The van der Waals surface area contributed by atoms with E-state index in [0.717, 1.165) is 31.6 Å². The Morgan fingerprint density at radius 1 is 1.13 bits per heavy atom. The average molecular weight is 426 g/mol. The van der Waals surface area contributed by atoms with Gasteiger partial charge in [0.05, 0.1) is 0 Å². The van der Waals surface area contributed by atoms with Gasteiger partial charge < -0.3 is 15.8 Å². The number of aromatic nitrogens is 1. The van der Waals surface area contributed by atoms with Gasteiger partial charge in [-0.1, -0.05) is 30.3 Å². The van der Waals surface area contributed by atoms with Gasteiger partial charge in [0.2, 0.25) is 5.91 Å². The monoisotopic (exact) mass is 425 g/mol. The van der Waals surface area contributed by atoms with Gasteiger partial charge >= 0.3 is 0 Å². The Labute approximate surface area is 183 Å². The molecule has 0 radical (unpaired) electrons. The van der Waals surface area contributed by atoms with Gasteiger partial charge in [0.25, 0.3) is 0 Å². The van der Waals surface area contributed by atoms with E-state index in [9.17, 15) is 9.18 Å². The molecule has 1 aliphatic heterocycles. The minimum absolute atomic E-state index is 0. The van der Waals surface area contributed by atoms with Crippen LogP contribution in [0.15, 0.2) is 48.5 Å². The smallest absolute Gasteiger partial charge is 0.248 e. The lowest BCUT2D eigenvalue weighted by Gasteiger charge is -2.41. The van der Waals surface area contributed by atoms with E-state index < -0.39 is 11.6 Å². The van der Waals surface area contributed by atoms with Crippen LogP contribution in [0.4, 0.5) is 4.39 Å². The third kappa shape index (κ3) is 4.97. The van der Waals surface area contributed by atoms with Crippen LogP contribution in [0, 0.1) is 12.8 Å². The Bertz CT molecular complexity index is 1060. The number of halogens is 1. The fourth-order valence-electron chi connectivity index (χ4n) is 4.66. The first kappa shape index (κ1) is 23.0. The molecule has 0 spiro atoms. The lowest BCUT2D eigenvalue weighted by atomic mass is 9.97. The summed E-state index contributed by atoms with van der Waals surface area (Å²) in [5.41, 5.74) is 9.76. The number of rotatable bonds is 7. The van der Waals surface area contributed by atoms with Gasteiger partial charge in [-0.25, -0.2) is 4.39 Å². The van der Waals surface area contributed by atoms with Gasteiger partial charge in [-0.2, -0.15) is 0 Å². The second-order valence-electron chi connectivity index (χ2n) is 9.21. The molecule has 2 heterocycles. The Kier molecular flexibility index (Phi) is 6.53. The van der Waals surface area contributed by atoms with Crippen LogP contribution in [0.1, 0.15) is 41.0 Å². The summed E-state index contributed by atoms with van der Waals surface area (Å²) in [5, 5.41) is 1.27. The predicted molar refractivity (Wildman–Crippen MR) is 123 cm³/mol. The number of fused-ring (bicyclic) bond motifs is 1. The maximum atomic E-state index is 13.9. The maximum absolute atomic E-state index is 13.9. The van der Waals surface area contributed by atoms with Crippen LogP contribution in [0.2, 0.25) is 0 Å². The number of carbonyl (C=O) groups excluding carboxylic acids is 1. The quantitative estimate of drug-likeness (QED) is 0.628. The van der Waals surface area contributed by atoms with E-state index in [4.69, 9.17) is 5.73 Å². The van der Waals surface area contributed by atoms with E-state index in [1.54, 1.807) is 26.0 Å². The number of hydrogen-bond donors (Lipinski definition) is 1. The van der Waals surface area contributed by atoms with Crippen molar-refractivity contribution in [3.8, 4) is 0 Å². The topological polar surface area (TPSA) is 82.8 Å². The molecule has 0 aliphatic carbocycles. The van der Waals surface area contributed by atoms with Crippen molar-refractivity contribution in [1.82, 2.24) is 9.47 Å². The van der Waals surface area contributed by atoms with Gasteiger partial charge in [-0.05, 0) is 56.5 Å².